The molecule has 0 unspecified atom stereocenters. The van der Waals surface area contributed by atoms with E-state index < -0.39 is 0 Å². The Labute approximate surface area is 90.7 Å². The van der Waals surface area contributed by atoms with Gasteiger partial charge in [-0.3, -0.25) is 0 Å². The quantitative estimate of drug-likeness (QED) is 0.799. The Morgan fingerprint density at radius 3 is 2.73 bits per heavy atom. The van der Waals surface area contributed by atoms with E-state index in [-0.39, 0.29) is 11.9 Å². The maximum absolute atomic E-state index is 13.4. The molecule has 0 amide bonds. The molecule has 1 aromatic carbocycles. The summed E-state index contributed by atoms with van der Waals surface area (Å²) in [6, 6.07) is 7.12. The number of benzene rings is 1. The summed E-state index contributed by atoms with van der Waals surface area (Å²) in [7, 11) is 0. The lowest BCUT2D eigenvalue weighted by Crippen LogP contribution is -2.29. The van der Waals surface area contributed by atoms with Gasteiger partial charge in [-0.1, -0.05) is 24.6 Å². The van der Waals surface area contributed by atoms with Crippen molar-refractivity contribution in [1.29, 1.82) is 0 Å². The van der Waals surface area contributed by atoms with Crippen molar-refractivity contribution in [2.24, 2.45) is 5.92 Å². The Morgan fingerprint density at radius 2 is 2.13 bits per heavy atom. The van der Waals surface area contributed by atoms with Gasteiger partial charge in [0.25, 0.3) is 0 Å². The second-order valence-electron chi connectivity index (χ2n) is 4.45. The summed E-state index contributed by atoms with van der Waals surface area (Å²) in [4.78, 5) is 0. The fraction of sp³-hybridized carbons (Fsp3) is 0.538. The minimum atomic E-state index is -0.105. The van der Waals surface area contributed by atoms with Gasteiger partial charge in [-0.25, -0.2) is 4.39 Å². The maximum atomic E-state index is 13.4. The van der Waals surface area contributed by atoms with Gasteiger partial charge >= 0.3 is 0 Å². The SMILES string of the molecule is C[C@@H](NCC1CCC1)c1ccccc1F. The normalized spacial score (nSPS) is 18.5. The van der Waals surface area contributed by atoms with E-state index >= 15 is 0 Å². The molecule has 2 rings (SSSR count). The van der Waals surface area contributed by atoms with Crippen LogP contribution in [0.5, 0.6) is 0 Å². The topological polar surface area (TPSA) is 12.0 Å². The van der Waals surface area contributed by atoms with Gasteiger partial charge in [0.05, 0.1) is 0 Å². The van der Waals surface area contributed by atoms with Gasteiger partial charge < -0.3 is 5.32 Å². The molecule has 0 aromatic heterocycles. The smallest absolute Gasteiger partial charge is 0.127 e. The molecule has 1 nitrogen and oxygen atoms in total. The van der Waals surface area contributed by atoms with Crippen LogP contribution in [0.4, 0.5) is 4.39 Å². The highest BCUT2D eigenvalue weighted by molar-refractivity contribution is 5.20. The minimum Gasteiger partial charge on any atom is -0.310 e. The molecule has 0 saturated heterocycles. The molecule has 0 radical (unpaired) electrons. The molecule has 1 saturated carbocycles. The Balaban J connectivity index is 1.89. The monoisotopic (exact) mass is 207 g/mol. The molecular weight excluding hydrogens is 189 g/mol. The lowest BCUT2D eigenvalue weighted by atomic mass is 9.85. The third kappa shape index (κ3) is 2.57. The number of hydrogen-bond donors (Lipinski definition) is 1. The third-order valence-corrected chi connectivity index (χ3v) is 3.31. The summed E-state index contributed by atoms with van der Waals surface area (Å²) in [5.41, 5.74) is 0.775. The average Bonchev–Trinajstić information content (AvgIpc) is 2.16. The maximum Gasteiger partial charge on any atom is 0.127 e. The first-order valence-electron chi connectivity index (χ1n) is 5.75. The van der Waals surface area contributed by atoms with Crippen LogP contribution >= 0.6 is 0 Å². The molecule has 1 atom stereocenters. The summed E-state index contributed by atoms with van der Waals surface area (Å²) in [5.74, 6) is 0.713. The zero-order valence-electron chi connectivity index (χ0n) is 9.17. The third-order valence-electron chi connectivity index (χ3n) is 3.31. The zero-order chi connectivity index (χ0) is 10.7. The molecular formula is C13H18FN. The summed E-state index contributed by atoms with van der Waals surface area (Å²) >= 11 is 0. The fourth-order valence-corrected chi connectivity index (χ4v) is 1.98. The molecule has 1 N–H and O–H groups in total. The number of rotatable bonds is 4. The van der Waals surface area contributed by atoms with Gasteiger partial charge in [0, 0.05) is 11.6 Å². The molecule has 0 aliphatic heterocycles. The van der Waals surface area contributed by atoms with Crippen molar-refractivity contribution in [1.82, 2.24) is 5.32 Å². The lowest BCUT2D eigenvalue weighted by molar-refractivity contribution is 0.291. The Kier molecular flexibility index (Phi) is 3.37. The second-order valence-corrected chi connectivity index (χ2v) is 4.45. The standard InChI is InChI=1S/C13H18FN/c1-10(15-9-11-5-4-6-11)12-7-2-3-8-13(12)14/h2-3,7-8,10-11,15H,4-6,9H2,1H3/t10-/m1/s1. The predicted molar refractivity (Wildman–Crippen MR) is 60.2 cm³/mol. The van der Waals surface area contributed by atoms with E-state index in [1.54, 1.807) is 6.07 Å². The summed E-state index contributed by atoms with van der Waals surface area (Å²) in [6.45, 7) is 3.05. The number of nitrogens with one attached hydrogen (secondary N) is 1. The van der Waals surface area contributed by atoms with Crippen LogP contribution in [-0.2, 0) is 0 Å². The van der Waals surface area contributed by atoms with Crippen LogP contribution in [0.15, 0.2) is 24.3 Å². The fourth-order valence-electron chi connectivity index (χ4n) is 1.98. The van der Waals surface area contributed by atoms with E-state index in [0.717, 1.165) is 18.0 Å². The molecule has 0 bridgehead atoms. The second kappa shape index (κ2) is 4.75. The highest BCUT2D eigenvalue weighted by Gasteiger charge is 2.18. The van der Waals surface area contributed by atoms with Crippen LogP contribution in [0, 0.1) is 11.7 Å². The van der Waals surface area contributed by atoms with Gasteiger partial charge in [-0.05, 0) is 38.3 Å². The molecule has 1 fully saturated rings. The van der Waals surface area contributed by atoms with Crippen LogP contribution in [0.2, 0.25) is 0 Å². The Hall–Kier alpha value is -0.890. The van der Waals surface area contributed by atoms with E-state index in [2.05, 4.69) is 5.32 Å². The van der Waals surface area contributed by atoms with Gasteiger partial charge in [-0.2, -0.15) is 0 Å². The number of halogens is 1. The predicted octanol–water partition coefficient (Wildman–Crippen LogP) is 3.28. The van der Waals surface area contributed by atoms with Gasteiger partial charge in [-0.15, -0.1) is 0 Å². The van der Waals surface area contributed by atoms with E-state index in [9.17, 15) is 4.39 Å². The van der Waals surface area contributed by atoms with Crippen LogP contribution in [0.1, 0.15) is 37.8 Å². The molecule has 1 aliphatic carbocycles. The summed E-state index contributed by atoms with van der Waals surface area (Å²) in [5, 5.41) is 3.40. The molecule has 0 heterocycles. The lowest BCUT2D eigenvalue weighted by Gasteiger charge is -2.27. The first-order valence-corrected chi connectivity index (χ1v) is 5.75. The molecule has 1 aliphatic rings. The zero-order valence-corrected chi connectivity index (χ0v) is 9.17. The summed E-state index contributed by atoms with van der Waals surface area (Å²) < 4.78 is 13.4. The van der Waals surface area contributed by atoms with Crippen molar-refractivity contribution in [3.63, 3.8) is 0 Å². The van der Waals surface area contributed by atoms with Crippen molar-refractivity contribution < 1.29 is 4.39 Å². The highest BCUT2D eigenvalue weighted by Crippen LogP contribution is 2.26. The minimum absolute atomic E-state index is 0.105. The average molecular weight is 207 g/mol. The first kappa shape index (κ1) is 10.6. The van der Waals surface area contributed by atoms with Gasteiger partial charge in [0.2, 0.25) is 0 Å². The molecule has 2 heteroatoms. The van der Waals surface area contributed by atoms with Crippen LogP contribution in [-0.4, -0.2) is 6.54 Å². The van der Waals surface area contributed by atoms with Crippen molar-refractivity contribution in [2.45, 2.75) is 32.2 Å². The van der Waals surface area contributed by atoms with Gasteiger partial charge in [0.1, 0.15) is 5.82 Å². The molecule has 1 aromatic rings. The highest BCUT2D eigenvalue weighted by atomic mass is 19.1. The van der Waals surface area contributed by atoms with E-state index in [4.69, 9.17) is 0 Å². The van der Waals surface area contributed by atoms with Gasteiger partial charge in [0.15, 0.2) is 0 Å². The van der Waals surface area contributed by atoms with Crippen LogP contribution < -0.4 is 5.32 Å². The van der Waals surface area contributed by atoms with Crippen molar-refractivity contribution >= 4 is 0 Å². The molecule has 82 valence electrons. The Bertz CT molecular complexity index is 320. The summed E-state index contributed by atoms with van der Waals surface area (Å²) in [6.07, 6.45) is 4.02. The van der Waals surface area contributed by atoms with Crippen molar-refractivity contribution in [2.75, 3.05) is 6.54 Å². The first-order chi connectivity index (χ1) is 7.27. The largest absolute Gasteiger partial charge is 0.310 e. The van der Waals surface area contributed by atoms with E-state index in [1.807, 2.05) is 19.1 Å². The molecule has 0 spiro atoms. The van der Waals surface area contributed by atoms with E-state index in [0.29, 0.717) is 0 Å². The Morgan fingerprint density at radius 1 is 1.40 bits per heavy atom. The van der Waals surface area contributed by atoms with Crippen LogP contribution in [0.3, 0.4) is 0 Å². The van der Waals surface area contributed by atoms with Crippen molar-refractivity contribution in [3.8, 4) is 0 Å². The number of hydrogen-bond acceptors (Lipinski definition) is 1. The van der Waals surface area contributed by atoms with Crippen LogP contribution in [0.25, 0.3) is 0 Å². The molecule has 15 heavy (non-hydrogen) atoms. The van der Waals surface area contributed by atoms with E-state index in [1.165, 1.54) is 25.3 Å². The van der Waals surface area contributed by atoms with Crippen molar-refractivity contribution in [3.05, 3.63) is 35.6 Å².